The lowest BCUT2D eigenvalue weighted by molar-refractivity contribution is 1.26. The van der Waals surface area contributed by atoms with Gasteiger partial charge in [0.15, 0.2) is 0 Å². The SMILES string of the molecule is C/C(=N\Nc1nc(-c2ccc(Br)cc2)cs1)c1ccncc1. The zero-order valence-electron chi connectivity index (χ0n) is 11.8. The first-order valence-electron chi connectivity index (χ1n) is 6.64. The van der Waals surface area contributed by atoms with Crippen LogP contribution in [-0.2, 0) is 0 Å². The molecule has 0 aliphatic carbocycles. The lowest BCUT2D eigenvalue weighted by Gasteiger charge is -2.00. The zero-order chi connectivity index (χ0) is 15.4. The Labute approximate surface area is 141 Å². The number of rotatable bonds is 4. The number of halogens is 1. The number of aromatic nitrogens is 2. The molecule has 3 rings (SSSR count). The Bertz CT molecular complexity index is 781. The summed E-state index contributed by atoms with van der Waals surface area (Å²) in [5.74, 6) is 0. The molecule has 0 saturated carbocycles. The van der Waals surface area contributed by atoms with Crippen LogP contribution in [0.4, 0.5) is 5.13 Å². The maximum absolute atomic E-state index is 4.55. The molecule has 6 heteroatoms. The van der Waals surface area contributed by atoms with Crippen LogP contribution in [0.3, 0.4) is 0 Å². The maximum atomic E-state index is 4.55. The summed E-state index contributed by atoms with van der Waals surface area (Å²) in [4.78, 5) is 8.55. The smallest absolute Gasteiger partial charge is 0.203 e. The monoisotopic (exact) mass is 372 g/mol. The third-order valence-corrected chi connectivity index (χ3v) is 4.34. The number of anilines is 1. The highest BCUT2D eigenvalue weighted by Gasteiger charge is 2.04. The number of hydrazone groups is 1. The quantitative estimate of drug-likeness (QED) is 0.528. The number of nitrogens with one attached hydrogen (secondary N) is 1. The molecule has 0 amide bonds. The van der Waals surface area contributed by atoms with E-state index < -0.39 is 0 Å². The fraction of sp³-hybridized carbons (Fsp3) is 0.0625. The van der Waals surface area contributed by atoms with Crippen molar-refractivity contribution in [1.29, 1.82) is 0 Å². The van der Waals surface area contributed by atoms with E-state index >= 15 is 0 Å². The van der Waals surface area contributed by atoms with Crippen LogP contribution >= 0.6 is 27.3 Å². The Morgan fingerprint density at radius 3 is 2.59 bits per heavy atom. The first-order valence-corrected chi connectivity index (χ1v) is 8.32. The van der Waals surface area contributed by atoms with Crippen molar-refractivity contribution >= 4 is 38.1 Å². The van der Waals surface area contributed by atoms with E-state index in [1.807, 2.05) is 48.7 Å². The van der Waals surface area contributed by atoms with E-state index in [0.717, 1.165) is 32.1 Å². The summed E-state index contributed by atoms with van der Waals surface area (Å²) < 4.78 is 1.06. The third kappa shape index (κ3) is 3.58. The Kier molecular flexibility index (Phi) is 4.60. The van der Waals surface area contributed by atoms with Gasteiger partial charge in [0.1, 0.15) is 0 Å². The number of nitrogens with zero attached hydrogens (tertiary/aromatic N) is 3. The van der Waals surface area contributed by atoms with Crippen molar-refractivity contribution in [2.75, 3.05) is 5.43 Å². The topological polar surface area (TPSA) is 50.2 Å². The van der Waals surface area contributed by atoms with Crippen molar-refractivity contribution in [3.8, 4) is 11.3 Å². The van der Waals surface area contributed by atoms with Gasteiger partial charge in [0.2, 0.25) is 5.13 Å². The minimum absolute atomic E-state index is 0.770. The maximum Gasteiger partial charge on any atom is 0.203 e. The van der Waals surface area contributed by atoms with E-state index in [1.54, 1.807) is 12.4 Å². The molecule has 0 radical (unpaired) electrons. The van der Waals surface area contributed by atoms with Gasteiger partial charge in [0, 0.05) is 33.4 Å². The molecule has 1 N–H and O–H groups in total. The van der Waals surface area contributed by atoms with E-state index in [-0.39, 0.29) is 0 Å². The summed E-state index contributed by atoms with van der Waals surface area (Å²) in [6.07, 6.45) is 3.51. The summed E-state index contributed by atoms with van der Waals surface area (Å²) in [6, 6.07) is 11.9. The van der Waals surface area contributed by atoms with Crippen molar-refractivity contribution in [2.24, 2.45) is 5.10 Å². The highest BCUT2D eigenvalue weighted by molar-refractivity contribution is 9.10. The average molecular weight is 373 g/mol. The van der Waals surface area contributed by atoms with Gasteiger partial charge < -0.3 is 0 Å². The number of benzene rings is 1. The lowest BCUT2D eigenvalue weighted by atomic mass is 10.2. The molecule has 2 aromatic heterocycles. The molecular weight excluding hydrogens is 360 g/mol. The van der Waals surface area contributed by atoms with Crippen LogP contribution in [0.5, 0.6) is 0 Å². The average Bonchev–Trinajstić information content (AvgIpc) is 3.03. The molecule has 0 bridgehead atoms. The Hall–Kier alpha value is -2.05. The number of hydrogen-bond acceptors (Lipinski definition) is 5. The molecule has 22 heavy (non-hydrogen) atoms. The molecule has 0 saturated heterocycles. The summed E-state index contributed by atoms with van der Waals surface area (Å²) in [6.45, 7) is 1.95. The fourth-order valence-electron chi connectivity index (χ4n) is 1.87. The summed E-state index contributed by atoms with van der Waals surface area (Å²) in [5, 5.41) is 7.15. The second-order valence-electron chi connectivity index (χ2n) is 4.59. The van der Waals surface area contributed by atoms with Crippen LogP contribution in [0.25, 0.3) is 11.3 Å². The van der Waals surface area contributed by atoms with Crippen molar-refractivity contribution in [3.05, 3.63) is 64.2 Å². The van der Waals surface area contributed by atoms with Crippen LogP contribution in [0.1, 0.15) is 12.5 Å². The van der Waals surface area contributed by atoms with Gasteiger partial charge in [0.25, 0.3) is 0 Å². The fourth-order valence-corrected chi connectivity index (χ4v) is 2.79. The molecule has 0 aliphatic rings. The van der Waals surface area contributed by atoms with Gasteiger partial charge in [-0.05, 0) is 31.2 Å². The molecule has 1 aromatic carbocycles. The minimum atomic E-state index is 0.770. The van der Waals surface area contributed by atoms with Crippen molar-refractivity contribution in [3.63, 3.8) is 0 Å². The van der Waals surface area contributed by atoms with Gasteiger partial charge in [-0.3, -0.25) is 10.4 Å². The lowest BCUT2D eigenvalue weighted by Crippen LogP contribution is -1.99. The van der Waals surface area contributed by atoms with Crippen molar-refractivity contribution < 1.29 is 0 Å². The van der Waals surface area contributed by atoms with Crippen molar-refractivity contribution in [1.82, 2.24) is 9.97 Å². The van der Waals surface area contributed by atoms with Gasteiger partial charge in [-0.25, -0.2) is 4.98 Å². The second kappa shape index (κ2) is 6.81. The van der Waals surface area contributed by atoms with Crippen LogP contribution < -0.4 is 5.43 Å². The number of pyridine rings is 1. The van der Waals surface area contributed by atoms with E-state index in [2.05, 4.69) is 36.4 Å². The summed E-state index contributed by atoms with van der Waals surface area (Å²) in [7, 11) is 0. The molecule has 0 aliphatic heterocycles. The Morgan fingerprint density at radius 2 is 1.86 bits per heavy atom. The highest BCUT2D eigenvalue weighted by atomic mass is 79.9. The molecule has 110 valence electrons. The van der Waals surface area contributed by atoms with Crippen LogP contribution in [-0.4, -0.2) is 15.7 Å². The third-order valence-electron chi connectivity index (χ3n) is 3.06. The predicted molar refractivity (Wildman–Crippen MR) is 95.3 cm³/mol. The standard InChI is InChI=1S/C16H13BrN4S/c1-11(12-6-8-18-9-7-12)20-21-16-19-15(10-22-16)13-2-4-14(17)5-3-13/h2-10H,1H3,(H,19,21)/b20-11+. The van der Waals surface area contributed by atoms with Crippen LogP contribution in [0, 0.1) is 0 Å². The van der Waals surface area contributed by atoms with Gasteiger partial charge in [-0.2, -0.15) is 5.10 Å². The van der Waals surface area contributed by atoms with Crippen LogP contribution in [0.2, 0.25) is 0 Å². The number of thiazole rings is 1. The zero-order valence-corrected chi connectivity index (χ0v) is 14.2. The highest BCUT2D eigenvalue weighted by Crippen LogP contribution is 2.26. The minimum Gasteiger partial charge on any atom is -0.265 e. The summed E-state index contributed by atoms with van der Waals surface area (Å²) in [5.41, 5.74) is 6.96. The predicted octanol–water partition coefficient (Wildman–Crippen LogP) is 4.80. The largest absolute Gasteiger partial charge is 0.265 e. The first-order chi connectivity index (χ1) is 10.7. The molecule has 2 heterocycles. The van der Waals surface area contributed by atoms with Gasteiger partial charge in [-0.15, -0.1) is 11.3 Å². The molecule has 4 nitrogen and oxygen atoms in total. The molecule has 3 aromatic rings. The molecular formula is C16H13BrN4S. The van der Waals surface area contributed by atoms with E-state index in [4.69, 9.17) is 0 Å². The molecule has 0 spiro atoms. The summed E-state index contributed by atoms with van der Waals surface area (Å²) >= 11 is 4.97. The normalized spacial score (nSPS) is 11.5. The molecule has 0 unspecified atom stereocenters. The van der Waals surface area contributed by atoms with E-state index in [0.29, 0.717) is 0 Å². The van der Waals surface area contributed by atoms with Gasteiger partial charge in [-0.1, -0.05) is 28.1 Å². The van der Waals surface area contributed by atoms with Crippen LogP contribution in [0.15, 0.2) is 63.7 Å². The number of hydrogen-bond donors (Lipinski definition) is 1. The molecule has 0 atom stereocenters. The van der Waals surface area contributed by atoms with E-state index in [1.165, 1.54) is 11.3 Å². The van der Waals surface area contributed by atoms with E-state index in [9.17, 15) is 0 Å². The van der Waals surface area contributed by atoms with Gasteiger partial charge in [0.05, 0.1) is 11.4 Å². The molecule has 0 fully saturated rings. The second-order valence-corrected chi connectivity index (χ2v) is 6.36. The van der Waals surface area contributed by atoms with Gasteiger partial charge >= 0.3 is 0 Å². The Balaban J connectivity index is 1.73. The van der Waals surface area contributed by atoms with Crippen molar-refractivity contribution in [2.45, 2.75) is 6.92 Å². The Morgan fingerprint density at radius 1 is 1.14 bits per heavy atom. The first kappa shape index (κ1) is 14.9.